The lowest BCUT2D eigenvalue weighted by Gasteiger charge is -2.30. The van der Waals surface area contributed by atoms with Crippen LogP contribution in [-0.2, 0) is 23.9 Å². The van der Waals surface area contributed by atoms with Crippen molar-refractivity contribution in [3.63, 3.8) is 0 Å². The van der Waals surface area contributed by atoms with Gasteiger partial charge in [-0.25, -0.2) is 0 Å². The largest absolute Gasteiger partial charge is 0.522 e. The third-order valence-corrected chi connectivity index (χ3v) is 6.77. The molecule has 13 heteroatoms. The molecule has 2 N–H and O–H groups in total. The Morgan fingerprint density at radius 1 is 1.20 bits per heavy atom. The van der Waals surface area contributed by atoms with Gasteiger partial charge in [0.1, 0.15) is 12.6 Å². The van der Waals surface area contributed by atoms with E-state index in [0.717, 1.165) is 4.90 Å². The summed E-state index contributed by atoms with van der Waals surface area (Å²) in [6, 6.07) is -2.80. The molecule has 1 aliphatic carbocycles. The van der Waals surface area contributed by atoms with E-state index in [1.807, 2.05) is 0 Å². The molecule has 2 aliphatic heterocycles. The Labute approximate surface area is 199 Å². The zero-order chi connectivity index (χ0) is 26.2. The molecule has 198 valence electrons. The first-order valence-electron chi connectivity index (χ1n) is 11.6. The van der Waals surface area contributed by atoms with Crippen LogP contribution in [0.1, 0.15) is 52.4 Å². The van der Waals surface area contributed by atoms with E-state index in [9.17, 15) is 41.1 Å². The summed E-state index contributed by atoms with van der Waals surface area (Å²) < 4.78 is 70.1. The van der Waals surface area contributed by atoms with Gasteiger partial charge in [-0.3, -0.25) is 23.9 Å². The van der Waals surface area contributed by atoms with Gasteiger partial charge in [-0.15, -0.1) is 13.2 Å². The van der Waals surface area contributed by atoms with Crippen molar-refractivity contribution in [3.05, 3.63) is 0 Å². The number of carbonyl (C=O) groups is 4. The summed E-state index contributed by atoms with van der Waals surface area (Å²) in [6.45, 7) is 1.98. The summed E-state index contributed by atoms with van der Waals surface area (Å²) in [6.07, 6.45) is -4.31. The van der Waals surface area contributed by atoms with Gasteiger partial charge in [-0.2, -0.15) is 8.78 Å². The van der Waals surface area contributed by atoms with E-state index >= 15 is 0 Å². The van der Waals surface area contributed by atoms with Crippen molar-refractivity contribution >= 4 is 23.5 Å². The molecular weight excluding hydrogens is 481 g/mol. The normalized spacial score (nSPS) is 24.6. The van der Waals surface area contributed by atoms with Crippen LogP contribution in [0.4, 0.5) is 22.0 Å². The van der Waals surface area contributed by atoms with Crippen LogP contribution in [0.2, 0.25) is 0 Å². The topological polar surface area (TPSA) is 105 Å². The number of ketones is 1. The van der Waals surface area contributed by atoms with E-state index in [-0.39, 0.29) is 19.4 Å². The maximum Gasteiger partial charge on any atom is 0.522 e. The molecule has 3 aliphatic rings. The fraction of sp³-hybridized carbons (Fsp3) is 0.818. The third-order valence-electron chi connectivity index (χ3n) is 6.77. The third kappa shape index (κ3) is 6.89. The van der Waals surface area contributed by atoms with E-state index in [4.69, 9.17) is 0 Å². The summed E-state index contributed by atoms with van der Waals surface area (Å²) in [5, 5.41) is 4.87. The highest BCUT2D eigenvalue weighted by Gasteiger charge is 2.58. The lowest BCUT2D eigenvalue weighted by Crippen LogP contribution is -2.55. The zero-order valence-corrected chi connectivity index (χ0v) is 19.6. The molecule has 0 bridgehead atoms. The number of alkyl halides is 5. The highest BCUT2D eigenvalue weighted by Crippen LogP contribution is 2.55. The fourth-order valence-corrected chi connectivity index (χ4v) is 4.80. The van der Waals surface area contributed by atoms with Crippen LogP contribution >= 0.6 is 0 Å². The quantitative estimate of drug-likeness (QED) is 0.438. The van der Waals surface area contributed by atoms with Crippen molar-refractivity contribution in [2.45, 2.75) is 76.7 Å². The van der Waals surface area contributed by atoms with E-state index < -0.39 is 78.2 Å². The van der Waals surface area contributed by atoms with Crippen molar-refractivity contribution in [1.82, 2.24) is 15.5 Å². The van der Waals surface area contributed by atoms with E-state index in [0.29, 0.717) is 25.8 Å². The van der Waals surface area contributed by atoms with Gasteiger partial charge in [-0.05, 0) is 43.4 Å². The minimum atomic E-state index is -5.08. The first kappa shape index (κ1) is 27.3. The van der Waals surface area contributed by atoms with Gasteiger partial charge in [-0.1, -0.05) is 13.8 Å². The van der Waals surface area contributed by atoms with Crippen LogP contribution < -0.4 is 10.6 Å². The van der Waals surface area contributed by atoms with Gasteiger partial charge >= 0.3 is 12.3 Å². The molecule has 2 saturated heterocycles. The lowest BCUT2D eigenvalue weighted by atomic mass is 9.95. The molecule has 2 heterocycles. The molecule has 3 fully saturated rings. The summed E-state index contributed by atoms with van der Waals surface area (Å²) in [7, 11) is 0. The SMILES string of the molecule is CC(C)CC(F)(F)C(=O)N1CC2(CC2)C[C@H]1C(=O)N[C@@H](C[C@@H]1CCNC1=O)C(=O)COC(F)(F)F. The maximum atomic E-state index is 14.6. The summed E-state index contributed by atoms with van der Waals surface area (Å²) >= 11 is 0. The number of carbonyl (C=O) groups excluding carboxylic acids is 4. The second-order valence-electron chi connectivity index (χ2n) is 10.2. The number of hydrogen-bond acceptors (Lipinski definition) is 5. The lowest BCUT2D eigenvalue weighted by molar-refractivity contribution is -0.321. The molecule has 0 aromatic rings. The number of rotatable bonds is 10. The van der Waals surface area contributed by atoms with Crippen LogP contribution in [0.25, 0.3) is 0 Å². The van der Waals surface area contributed by atoms with Crippen molar-refractivity contribution in [2.75, 3.05) is 19.7 Å². The molecule has 35 heavy (non-hydrogen) atoms. The number of hydrogen-bond donors (Lipinski definition) is 2. The minimum Gasteiger partial charge on any atom is -0.356 e. The molecule has 0 aromatic carbocycles. The Balaban J connectivity index is 1.76. The monoisotopic (exact) mass is 511 g/mol. The first-order valence-corrected chi connectivity index (χ1v) is 11.6. The van der Waals surface area contributed by atoms with Crippen molar-refractivity contribution in [3.8, 4) is 0 Å². The predicted octanol–water partition coefficient (Wildman–Crippen LogP) is 2.17. The van der Waals surface area contributed by atoms with Gasteiger partial charge in [0.25, 0.3) is 5.91 Å². The molecule has 1 spiro atoms. The van der Waals surface area contributed by atoms with E-state index in [2.05, 4.69) is 15.4 Å². The molecule has 8 nitrogen and oxygen atoms in total. The summed E-state index contributed by atoms with van der Waals surface area (Å²) in [5.74, 6) is -8.80. The van der Waals surface area contributed by atoms with Gasteiger partial charge in [0.05, 0.1) is 6.04 Å². The van der Waals surface area contributed by atoms with Gasteiger partial charge in [0.15, 0.2) is 5.78 Å². The Morgan fingerprint density at radius 2 is 1.86 bits per heavy atom. The second kappa shape index (κ2) is 9.98. The molecule has 0 radical (unpaired) electrons. The molecule has 3 rings (SSSR count). The number of ether oxygens (including phenoxy) is 1. The van der Waals surface area contributed by atoms with E-state index in [1.165, 1.54) is 13.8 Å². The van der Waals surface area contributed by atoms with Crippen LogP contribution in [0.15, 0.2) is 0 Å². The van der Waals surface area contributed by atoms with Crippen molar-refractivity contribution in [2.24, 2.45) is 17.3 Å². The second-order valence-corrected chi connectivity index (χ2v) is 10.2. The predicted molar refractivity (Wildman–Crippen MR) is 111 cm³/mol. The first-order chi connectivity index (χ1) is 16.1. The Kier molecular flexibility index (Phi) is 7.78. The highest BCUT2D eigenvalue weighted by molar-refractivity contribution is 5.95. The summed E-state index contributed by atoms with van der Waals surface area (Å²) in [5.41, 5.74) is -0.449. The Morgan fingerprint density at radius 3 is 2.37 bits per heavy atom. The number of nitrogens with zero attached hydrogens (tertiary/aromatic N) is 1. The van der Waals surface area contributed by atoms with Crippen LogP contribution in [0, 0.1) is 17.3 Å². The fourth-order valence-electron chi connectivity index (χ4n) is 4.80. The Bertz CT molecular complexity index is 859. The standard InChI is InChI=1S/C22H30F5N3O5/c1-12(2)8-21(23,24)19(34)30-11-20(4-5-20)9-15(30)18(33)29-14(7-13-3-6-28-17(13)32)16(31)10-35-22(25,26)27/h12-15H,3-11H2,1-2H3,(H,28,32)(H,29,33)/t13-,14-,15-/m0/s1. The Hall–Kier alpha value is -2.31. The maximum absolute atomic E-state index is 14.6. The summed E-state index contributed by atoms with van der Waals surface area (Å²) in [4.78, 5) is 51.1. The van der Waals surface area contributed by atoms with Crippen molar-refractivity contribution < 1.29 is 45.9 Å². The highest BCUT2D eigenvalue weighted by atomic mass is 19.4. The molecule has 3 amide bonds. The van der Waals surface area contributed by atoms with Crippen molar-refractivity contribution in [1.29, 1.82) is 0 Å². The van der Waals surface area contributed by atoms with Crippen LogP contribution in [0.5, 0.6) is 0 Å². The van der Waals surface area contributed by atoms with Gasteiger partial charge in [0.2, 0.25) is 11.8 Å². The van der Waals surface area contributed by atoms with Crippen LogP contribution in [0.3, 0.4) is 0 Å². The average Bonchev–Trinajstić information content (AvgIpc) is 3.19. The smallest absolute Gasteiger partial charge is 0.356 e. The van der Waals surface area contributed by atoms with Crippen LogP contribution in [-0.4, -0.2) is 72.5 Å². The van der Waals surface area contributed by atoms with Gasteiger partial charge in [0, 0.05) is 25.4 Å². The number of Topliss-reactive ketones (excluding diaryl/α,β-unsaturated/α-hetero) is 1. The number of halogens is 5. The zero-order valence-electron chi connectivity index (χ0n) is 19.6. The molecular formula is C22H30F5N3O5. The average molecular weight is 511 g/mol. The number of likely N-dealkylation sites (tertiary alicyclic amines) is 1. The van der Waals surface area contributed by atoms with E-state index in [1.54, 1.807) is 0 Å². The molecule has 0 aromatic heterocycles. The minimum absolute atomic E-state index is 0.0293. The molecule has 1 saturated carbocycles. The number of nitrogens with one attached hydrogen (secondary N) is 2. The molecule has 3 atom stereocenters. The molecule has 0 unspecified atom stereocenters. The number of amides is 3. The van der Waals surface area contributed by atoms with Gasteiger partial charge < -0.3 is 15.5 Å².